The Morgan fingerprint density at radius 3 is 2.44 bits per heavy atom. The third-order valence-corrected chi connectivity index (χ3v) is 2.89. The van der Waals surface area contributed by atoms with Crippen LogP contribution < -0.4 is 5.56 Å². The van der Waals surface area contributed by atoms with Crippen LogP contribution in [0.15, 0.2) is 35.1 Å². The Hall–Kier alpha value is -2.37. The minimum Gasteiger partial charge on any atom is -0.302 e. The average Bonchev–Trinajstić information content (AvgIpc) is 2.67. The standard InChI is InChI=1S/C12H13N3O3/c1-8-11(12(16)14-13-8)10(7-15(17)18)9-5-3-2-4-6-9/h2-6,10H,7H2,1H3,(H2,13,14,16). The Kier molecular flexibility index (Phi) is 3.27. The molecule has 2 rings (SSSR count). The molecule has 0 amide bonds. The molecular formula is C12H13N3O3. The summed E-state index contributed by atoms with van der Waals surface area (Å²) in [5.41, 5.74) is 1.53. The van der Waals surface area contributed by atoms with Crippen molar-refractivity contribution < 1.29 is 4.92 Å². The molecule has 0 bridgehead atoms. The zero-order valence-corrected chi connectivity index (χ0v) is 9.84. The highest BCUT2D eigenvalue weighted by molar-refractivity contribution is 5.33. The molecule has 1 unspecified atom stereocenters. The van der Waals surface area contributed by atoms with Gasteiger partial charge < -0.3 is 5.10 Å². The first-order valence-corrected chi connectivity index (χ1v) is 5.53. The van der Waals surface area contributed by atoms with Crippen molar-refractivity contribution in [2.75, 3.05) is 6.54 Å². The van der Waals surface area contributed by atoms with E-state index in [1.807, 2.05) is 6.07 Å². The van der Waals surface area contributed by atoms with Crippen LogP contribution in [-0.4, -0.2) is 21.7 Å². The number of nitrogens with one attached hydrogen (secondary N) is 2. The molecule has 0 spiro atoms. The average molecular weight is 247 g/mol. The highest BCUT2D eigenvalue weighted by atomic mass is 16.6. The first-order valence-electron chi connectivity index (χ1n) is 5.53. The van der Waals surface area contributed by atoms with Crippen molar-refractivity contribution in [2.45, 2.75) is 12.8 Å². The molecule has 1 atom stereocenters. The van der Waals surface area contributed by atoms with E-state index in [0.717, 1.165) is 5.56 Å². The van der Waals surface area contributed by atoms with Gasteiger partial charge in [-0.15, -0.1) is 0 Å². The molecular weight excluding hydrogens is 234 g/mol. The summed E-state index contributed by atoms with van der Waals surface area (Å²) in [6.07, 6.45) is 0. The lowest BCUT2D eigenvalue weighted by atomic mass is 9.92. The summed E-state index contributed by atoms with van der Waals surface area (Å²) >= 11 is 0. The van der Waals surface area contributed by atoms with Gasteiger partial charge in [0.1, 0.15) is 0 Å². The van der Waals surface area contributed by atoms with E-state index in [0.29, 0.717) is 11.3 Å². The fraction of sp³-hybridized carbons (Fsp3) is 0.250. The van der Waals surface area contributed by atoms with E-state index in [1.54, 1.807) is 31.2 Å². The van der Waals surface area contributed by atoms with Crippen LogP contribution in [0.3, 0.4) is 0 Å². The highest BCUT2D eigenvalue weighted by Gasteiger charge is 2.25. The van der Waals surface area contributed by atoms with Crippen molar-refractivity contribution in [2.24, 2.45) is 0 Å². The van der Waals surface area contributed by atoms with Crippen molar-refractivity contribution in [1.82, 2.24) is 10.2 Å². The normalized spacial score (nSPS) is 12.3. The van der Waals surface area contributed by atoms with Crippen LogP contribution in [0, 0.1) is 17.0 Å². The second kappa shape index (κ2) is 4.87. The molecule has 0 radical (unpaired) electrons. The SMILES string of the molecule is Cc1[nH][nH]c(=O)c1C(C[N+](=O)[O-])c1ccccc1. The van der Waals surface area contributed by atoms with Gasteiger partial charge in [-0.05, 0) is 12.5 Å². The smallest absolute Gasteiger partial charge is 0.268 e. The molecule has 6 heteroatoms. The number of nitro groups is 1. The number of H-pyrrole nitrogens is 2. The quantitative estimate of drug-likeness (QED) is 0.632. The fourth-order valence-electron chi connectivity index (χ4n) is 2.07. The lowest BCUT2D eigenvalue weighted by Crippen LogP contribution is -2.20. The topological polar surface area (TPSA) is 91.8 Å². The minimum absolute atomic E-state index is 0.300. The Balaban J connectivity index is 2.50. The second-order valence-corrected chi connectivity index (χ2v) is 4.10. The monoisotopic (exact) mass is 247 g/mol. The molecule has 18 heavy (non-hydrogen) atoms. The number of nitrogens with zero attached hydrogens (tertiary/aromatic N) is 1. The first-order chi connectivity index (χ1) is 8.59. The number of hydrogen-bond donors (Lipinski definition) is 2. The molecule has 1 aromatic heterocycles. The van der Waals surface area contributed by atoms with Gasteiger partial charge in [0.25, 0.3) is 5.56 Å². The molecule has 94 valence electrons. The van der Waals surface area contributed by atoms with Crippen LogP contribution in [0.1, 0.15) is 22.7 Å². The maximum atomic E-state index is 11.7. The fourth-order valence-corrected chi connectivity index (χ4v) is 2.07. The largest absolute Gasteiger partial charge is 0.302 e. The van der Waals surface area contributed by atoms with Gasteiger partial charge in [0.2, 0.25) is 6.54 Å². The van der Waals surface area contributed by atoms with Gasteiger partial charge in [0.05, 0.1) is 11.5 Å². The van der Waals surface area contributed by atoms with Gasteiger partial charge in [0.15, 0.2) is 0 Å². The molecule has 0 aliphatic carbocycles. The maximum absolute atomic E-state index is 11.7. The molecule has 0 saturated heterocycles. The molecule has 0 saturated carbocycles. The zero-order valence-electron chi connectivity index (χ0n) is 9.84. The van der Waals surface area contributed by atoms with Crippen molar-refractivity contribution in [1.29, 1.82) is 0 Å². The van der Waals surface area contributed by atoms with Crippen LogP contribution in [0.2, 0.25) is 0 Å². The van der Waals surface area contributed by atoms with Crippen LogP contribution in [0.25, 0.3) is 0 Å². The van der Waals surface area contributed by atoms with Crippen LogP contribution in [-0.2, 0) is 0 Å². The van der Waals surface area contributed by atoms with E-state index in [4.69, 9.17) is 0 Å². The Labute approximate surface area is 103 Å². The maximum Gasteiger partial charge on any atom is 0.268 e. The summed E-state index contributed by atoms with van der Waals surface area (Å²) < 4.78 is 0. The number of hydrogen-bond acceptors (Lipinski definition) is 3. The molecule has 6 nitrogen and oxygen atoms in total. The van der Waals surface area contributed by atoms with Crippen molar-refractivity contribution in [3.05, 3.63) is 67.6 Å². The lowest BCUT2D eigenvalue weighted by Gasteiger charge is -2.11. The van der Waals surface area contributed by atoms with Crippen molar-refractivity contribution in [3.8, 4) is 0 Å². The molecule has 0 fully saturated rings. The Morgan fingerprint density at radius 2 is 1.94 bits per heavy atom. The number of rotatable bonds is 4. The third kappa shape index (κ3) is 2.32. The van der Waals surface area contributed by atoms with Crippen LogP contribution in [0.4, 0.5) is 0 Å². The first kappa shape index (κ1) is 12.1. The van der Waals surface area contributed by atoms with Gasteiger partial charge in [-0.1, -0.05) is 30.3 Å². The highest BCUT2D eigenvalue weighted by Crippen LogP contribution is 2.23. The summed E-state index contributed by atoms with van der Waals surface area (Å²) in [5, 5.41) is 15.9. The van der Waals surface area contributed by atoms with E-state index < -0.39 is 10.8 Å². The van der Waals surface area contributed by atoms with Crippen molar-refractivity contribution >= 4 is 0 Å². The third-order valence-electron chi connectivity index (χ3n) is 2.89. The summed E-state index contributed by atoms with van der Waals surface area (Å²) in [4.78, 5) is 22.1. The van der Waals surface area contributed by atoms with E-state index >= 15 is 0 Å². The van der Waals surface area contributed by atoms with Gasteiger partial charge in [-0.3, -0.25) is 20.0 Å². The van der Waals surface area contributed by atoms with E-state index in [2.05, 4.69) is 10.2 Å². The summed E-state index contributed by atoms with van der Waals surface area (Å²) in [5.74, 6) is -0.531. The van der Waals surface area contributed by atoms with Gasteiger partial charge in [-0.2, -0.15) is 0 Å². The Morgan fingerprint density at radius 1 is 1.28 bits per heavy atom. The number of aromatic nitrogens is 2. The second-order valence-electron chi connectivity index (χ2n) is 4.10. The van der Waals surface area contributed by atoms with Gasteiger partial charge in [0, 0.05) is 10.6 Å². The molecule has 0 aliphatic rings. The van der Waals surface area contributed by atoms with Crippen molar-refractivity contribution in [3.63, 3.8) is 0 Å². The zero-order chi connectivity index (χ0) is 13.1. The minimum atomic E-state index is -0.531. The molecule has 0 aliphatic heterocycles. The molecule has 1 heterocycles. The summed E-state index contributed by atoms with van der Waals surface area (Å²) in [6.45, 7) is 1.43. The van der Waals surface area contributed by atoms with E-state index in [9.17, 15) is 14.9 Å². The van der Waals surface area contributed by atoms with Crippen LogP contribution >= 0.6 is 0 Å². The summed E-state index contributed by atoms with van der Waals surface area (Å²) in [6, 6.07) is 9.03. The molecule has 2 N–H and O–H groups in total. The van der Waals surface area contributed by atoms with E-state index in [-0.39, 0.29) is 12.1 Å². The summed E-state index contributed by atoms with van der Waals surface area (Å²) in [7, 11) is 0. The molecule has 1 aromatic carbocycles. The molecule has 2 aromatic rings. The number of benzene rings is 1. The number of aromatic amines is 2. The predicted molar refractivity (Wildman–Crippen MR) is 66.3 cm³/mol. The lowest BCUT2D eigenvalue weighted by molar-refractivity contribution is -0.481. The van der Waals surface area contributed by atoms with Gasteiger partial charge >= 0.3 is 0 Å². The predicted octanol–water partition coefficient (Wildman–Crippen LogP) is 1.42. The van der Waals surface area contributed by atoms with Crippen LogP contribution in [0.5, 0.6) is 0 Å². The number of aryl methyl sites for hydroxylation is 1. The Bertz CT molecular complexity index is 601. The van der Waals surface area contributed by atoms with E-state index in [1.165, 1.54) is 0 Å². The van der Waals surface area contributed by atoms with Gasteiger partial charge in [-0.25, -0.2) is 0 Å².